The molecule has 0 spiro atoms. The van der Waals surface area contributed by atoms with Gasteiger partial charge in [0.15, 0.2) is 0 Å². The Balaban J connectivity index is 1.55. The molecule has 2 atom stereocenters. The maximum absolute atomic E-state index is 13.9. The number of hydrogen-bond acceptors (Lipinski definition) is 2. The Labute approximate surface area is 164 Å². The molecule has 0 aromatic heterocycles. The van der Waals surface area contributed by atoms with Crippen molar-refractivity contribution in [2.75, 3.05) is 20.1 Å². The zero-order valence-corrected chi connectivity index (χ0v) is 16.3. The third kappa shape index (κ3) is 3.41. The van der Waals surface area contributed by atoms with Crippen LogP contribution < -0.4 is 0 Å². The minimum absolute atomic E-state index is 0.00520. The Morgan fingerprint density at radius 3 is 2.79 bits per heavy atom. The smallest absolute Gasteiger partial charge is 0.254 e. The molecule has 146 valence electrons. The molecule has 0 bridgehead atoms. The van der Waals surface area contributed by atoms with Gasteiger partial charge in [-0.2, -0.15) is 0 Å². The molecule has 0 N–H and O–H groups in total. The largest absolute Gasteiger partial charge is 0.341 e. The van der Waals surface area contributed by atoms with E-state index in [-0.39, 0.29) is 23.7 Å². The lowest BCUT2D eigenvalue weighted by Crippen LogP contribution is -2.49. The number of piperidine rings is 1. The number of nitrogens with zero attached hydrogens (tertiary/aromatic N) is 2. The molecule has 28 heavy (non-hydrogen) atoms. The van der Waals surface area contributed by atoms with E-state index in [9.17, 15) is 14.0 Å². The number of aryl methyl sites for hydroxylation is 1. The van der Waals surface area contributed by atoms with Gasteiger partial charge in [-0.05, 0) is 54.5 Å². The zero-order valence-electron chi connectivity index (χ0n) is 16.3. The number of halogens is 1. The van der Waals surface area contributed by atoms with Crippen LogP contribution in [0.2, 0.25) is 0 Å². The van der Waals surface area contributed by atoms with Gasteiger partial charge in [0, 0.05) is 32.1 Å². The van der Waals surface area contributed by atoms with Crippen LogP contribution in [0.25, 0.3) is 0 Å². The van der Waals surface area contributed by atoms with E-state index >= 15 is 0 Å². The molecular weight excluding hydrogens is 355 g/mol. The Morgan fingerprint density at radius 2 is 2.00 bits per heavy atom. The number of fused-ring (bicyclic) bond motifs is 1. The summed E-state index contributed by atoms with van der Waals surface area (Å²) in [7, 11) is 1.83. The van der Waals surface area contributed by atoms with Crippen LogP contribution in [0.5, 0.6) is 0 Å². The van der Waals surface area contributed by atoms with E-state index in [0.29, 0.717) is 43.0 Å². The van der Waals surface area contributed by atoms with Crippen LogP contribution in [-0.4, -0.2) is 47.8 Å². The van der Waals surface area contributed by atoms with E-state index < -0.39 is 0 Å². The molecule has 2 aromatic rings. The van der Waals surface area contributed by atoms with Crippen molar-refractivity contribution >= 4 is 11.8 Å². The first kappa shape index (κ1) is 18.7. The minimum atomic E-state index is -0.225. The van der Waals surface area contributed by atoms with Crippen molar-refractivity contribution in [1.82, 2.24) is 9.80 Å². The molecule has 2 amide bonds. The molecule has 5 heteroatoms. The van der Waals surface area contributed by atoms with Gasteiger partial charge in [-0.15, -0.1) is 0 Å². The van der Waals surface area contributed by atoms with Crippen molar-refractivity contribution in [2.24, 2.45) is 5.92 Å². The molecule has 2 aliphatic rings. The van der Waals surface area contributed by atoms with Crippen molar-refractivity contribution in [2.45, 2.75) is 32.2 Å². The van der Waals surface area contributed by atoms with Gasteiger partial charge < -0.3 is 9.80 Å². The molecular formula is C23H25FN2O2. The first-order valence-corrected chi connectivity index (χ1v) is 9.82. The summed E-state index contributed by atoms with van der Waals surface area (Å²) in [5.41, 5.74) is 3.03. The highest BCUT2D eigenvalue weighted by Gasteiger charge is 2.42. The first-order chi connectivity index (χ1) is 13.4. The van der Waals surface area contributed by atoms with Crippen molar-refractivity contribution in [3.63, 3.8) is 0 Å². The molecule has 4 rings (SSSR count). The third-order valence-corrected chi connectivity index (χ3v) is 6.21. The van der Waals surface area contributed by atoms with Gasteiger partial charge in [0.2, 0.25) is 5.91 Å². The molecule has 2 aromatic carbocycles. The number of carbonyl (C=O) groups is 2. The third-order valence-electron chi connectivity index (χ3n) is 6.21. The molecule has 0 unspecified atom stereocenters. The number of amides is 2. The number of hydrogen-bond donors (Lipinski definition) is 0. The summed E-state index contributed by atoms with van der Waals surface area (Å²) >= 11 is 0. The van der Waals surface area contributed by atoms with Crippen LogP contribution in [0, 0.1) is 18.7 Å². The van der Waals surface area contributed by atoms with Crippen molar-refractivity contribution < 1.29 is 14.0 Å². The highest BCUT2D eigenvalue weighted by Crippen LogP contribution is 2.32. The molecule has 2 saturated heterocycles. The number of likely N-dealkylation sites (N-methyl/N-ethyl adjacent to an activating group) is 1. The molecule has 0 aliphatic carbocycles. The number of likely N-dealkylation sites (tertiary alicyclic amines) is 2. The normalized spacial score (nSPS) is 21.8. The first-order valence-electron chi connectivity index (χ1n) is 9.82. The highest BCUT2D eigenvalue weighted by atomic mass is 19.1. The van der Waals surface area contributed by atoms with Crippen LogP contribution in [0.15, 0.2) is 42.5 Å². The molecule has 0 radical (unpaired) electrons. The second-order valence-corrected chi connectivity index (χ2v) is 7.99. The van der Waals surface area contributed by atoms with Crippen LogP contribution in [-0.2, 0) is 11.2 Å². The van der Waals surface area contributed by atoms with Gasteiger partial charge in [0.05, 0.1) is 6.04 Å². The van der Waals surface area contributed by atoms with Gasteiger partial charge in [0.25, 0.3) is 5.91 Å². The number of benzene rings is 2. The fourth-order valence-corrected chi connectivity index (χ4v) is 4.41. The van der Waals surface area contributed by atoms with Crippen molar-refractivity contribution in [3.8, 4) is 0 Å². The Morgan fingerprint density at radius 1 is 1.21 bits per heavy atom. The van der Waals surface area contributed by atoms with Crippen LogP contribution in [0.1, 0.15) is 39.9 Å². The van der Waals surface area contributed by atoms with Crippen molar-refractivity contribution in [3.05, 3.63) is 70.5 Å². The van der Waals surface area contributed by atoms with E-state index in [2.05, 4.69) is 0 Å². The maximum Gasteiger partial charge on any atom is 0.254 e. The van der Waals surface area contributed by atoms with E-state index in [1.54, 1.807) is 24.0 Å². The quantitative estimate of drug-likeness (QED) is 0.819. The Bertz CT molecular complexity index is 927. The van der Waals surface area contributed by atoms with E-state index in [0.717, 1.165) is 17.5 Å². The van der Waals surface area contributed by atoms with Crippen molar-refractivity contribution in [1.29, 1.82) is 0 Å². The van der Waals surface area contributed by atoms with E-state index in [1.165, 1.54) is 0 Å². The molecule has 2 heterocycles. The molecule has 2 fully saturated rings. The molecule has 4 nitrogen and oxygen atoms in total. The molecule has 0 saturated carbocycles. The number of rotatable bonds is 3. The predicted molar refractivity (Wildman–Crippen MR) is 106 cm³/mol. The van der Waals surface area contributed by atoms with Gasteiger partial charge in [-0.25, -0.2) is 4.39 Å². The predicted octanol–water partition coefficient (Wildman–Crippen LogP) is 3.42. The molecule has 2 aliphatic heterocycles. The Hall–Kier alpha value is -2.69. The van der Waals surface area contributed by atoms with Gasteiger partial charge in [-0.3, -0.25) is 9.59 Å². The summed E-state index contributed by atoms with van der Waals surface area (Å²) in [5.74, 6) is 0.296. The minimum Gasteiger partial charge on any atom is -0.341 e. The lowest BCUT2D eigenvalue weighted by atomic mass is 9.91. The monoisotopic (exact) mass is 380 g/mol. The summed E-state index contributed by atoms with van der Waals surface area (Å²) in [6.07, 6.45) is 1.97. The summed E-state index contributed by atoms with van der Waals surface area (Å²) in [5, 5.41) is 0. The summed E-state index contributed by atoms with van der Waals surface area (Å²) < 4.78 is 13.9. The van der Waals surface area contributed by atoms with Gasteiger partial charge in [0.1, 0.15) is 5.82 Å². The van der Waals surface area contributed by atoms with Crippen LogP contribution >= 0.6 is 0 Å². The van der Waals surface area contributed by atoms with Crippen LogP contribution in [0.4, 0.5) is 4.39 Å². The summed E-state index contributed by atoms with van der Waals surface area (Å²) in [4.78, 5) is 28.9. The highest BCUT2D eigenvalue weighted by molar-refractivity contribution is 5.96. The average Bonchev–Trinajstić information content (AvgIpc) is 2.98. The topological polar surface area (TPSA) is 40.6 Å². The average molecular weight is 380 g/mol. The van der Waals surface area contributed by atoms with Gasteiger partial charge >= 0.3 is 0 Å². The van der Waals surface area contributed by atoms with E-state index in [1.807, 2.05) is 42.3 Å². The lowest BCUT2D eigenvalue weighted by molar-refractivity contribution is -0.127. The number of carbonyl (C=O) groups excluding carboxylic acids is 2. The SMILES string of the molecule is Cc1ccc(Cc2ccccc2C(=O)N2CC[C@@H]3CC(=O)N(C)[C@@H]3C2)cc1F. The maximum atomic E-state index is 13.9. The second-order valence-electron chi connectivity index (χ2n) is 7.99. The van der Waals surface area contributed by atoms with Crippen LogP contribution in [0.3, 0.4) is 0 Å². The second kappa shape index (κ2) is 7.38. The fourth-order valence-electron chi connectivity index (χ4n) is 4.41. The summed E-state index contributed by atoms with van der Waals surface area (Å²) in [6, 6.07) is 12.9. The zero-order chi connectivity index (χ0) is 19.8. The standard InChI is InChI=1S/C23H25FN2O2/c1-15-7-8-16(12-20(15)24)11-17-5-3-4-6-19(17)23(28)26-10-9-18-13-22(27)25(2)21(18)14-26/h3-8,12,18,21H,9-11,13-14H2,1-2H3/t18-,21-/m1/s1. The van der Waals surface area contributed by atoms with E-state index in [4.69, 9.17) is 0 Å². The lowest BCUT2D eigenvalue weighted by Gasteiger charge is -2.37. The summed E-state index contributed by atoms with van der Waals surface area (Å²) in [6.45, 7) is 3.00. The Kier molecular flexibility index (Phi) is 4.92. The fraction of sp³-hybridized carbons (Fsp3) is 0.391. The van der Waals surface area contributed by atoms with Gasteiger partial charge in [-0.1, -0.05) is 30.3 Å².